The molecule has 1 N–H and O–H groups in total. The molecule has 4 rings (SSSR count). The molecule has 33 heavy (non-hydrogen) atoms. The number of rotatable bonds is 5. The quantitative estimate of drug-likeness (QED) is 0.320. The maximum Gasteiger partial charge on any atom is 0.341 e. The summed E-state index contributed by atoms with van der Waals surface area (Å²) in [5, 5.41) is 7.20. The second-order valence-corrected chi connectivity index (χ2v) is 9.76. The summed E-state index contributed by atoms with van der Waals surface area (Å²) >= 11 is 1.33. The number of amides is 1. The fraction of sp³-hybridized carbons (Fsp3) is 0.214. The highest BCUT2D eigenvalue weighted by Gasteiger charge is 2.24. The number of carbonyl (C=O) groups excluding carboxylic acids is 2. The van der Waals surface area contributed by atoms with Crippen molar-refractivity contribution in [1.29, 1.82) is 0 Å². The molecule has 0 aliphatic heterocycles. The maximum atomic E-state index is 13.2. The van der Waals surface area contributed by atoms with E-state index in [0.717, 1.165) is 21.9 Å². The lowest BCUT2D eigenvalue weighted by molar-refractivity contribution is 0.0529. The first-order valence-corrected chi connectivity index (χ1v) is 11.9. The van der Waals surface area contributed by atoms with Crippen LogP contribution in [0.5, 0.6) is 0 Å². The monoisotopic (exact) mass is 457 g/mol. The van der Waals surface area contributed by atoms with E-state index in [4.69, 9.17) is 4.74 Å². The third-order valence-corrected chi connectivity index (χ3v) is 6.49. The van der Waals surface area contributed by atoms with Crippen molar-refractivity contribution < 1.29 is 14.3 Å². The van der Waals surface area contributed by atoms with Crippen molar-refractivity contribution in [1.82, 2.24) is 0 Å². The van der Waals surface area contributed by atoms with Gasteiger partial charge in [0, 0.05) is 16.5 Å². The van der Waals surface area contributed by atoms with E-state index in [2.05, 4.69) is 38.2 Å². The van der Waals surface area contributed by atoms with Gasteiger partial charge in [-0.15, -0.1) is 11.3 Å². The molecule has 0 aliphatic rings. The second kappa shape index (κ2) is 9.20. The molecule has 0 spiro atoms. The van der Waals surface area contributed by atoms with Crippen LogP contribution in [0.2, 0.25) is 0 Å². The minimum Gasteiger partial charge on any atom is -0.462 e. The number of benzene rings is 3. The van der Waals surface area contributed by atoms with Crippen molar-refractivity contribution in [2.24, 2.45) is 0 Å². The van der Waals surface area contributed by atoms with Gasteiger partial charge >= 0.3 is 5.97 Å². The summed E-state index contributed by atoms with van der Waals surface area (Å²) < 4.78 is 5.34. The van der Waals surface area contributed by atoms with Crippen LogP contribution in [0, 0.1) is 0 Å². The van der Waals surface area contributed by atoms with Crippen LogP contribution in [-0.4, -0.2) is 18.5 Å². The molecule has 1 aromatic heterocycles. The lowest BCUT2D eigenvalue weighted by Crippen LogP contribution is -2.15. The molecular formula is C28H27NO3S. The fourth-order valence-electron chi connectivity index (χ4n) is 3.81. The lowest BCUT2D eigenvalue weighted by Gasteiger charge is -2.19. The number of hydrogen-bond donors (Lipinski definition) is 1. The van der Waals surface area contributed by atoms with Crippen LogP contribution in [0.4, 0.5) is 5.00 Å². The first kappa shape index (κ1) is 22.7. The van der Waals surface area contributed by atoms with E-state index in [1.165, 1.54) is 16.9 Å². The molecule has 0 saturated carbocycles. The summed E-state index contributed by atoms with van der Waals surface area (Å²) in [5.74, 6) is -0.698. The Morgan fingerprint density at radius 2 is 1.64 bits per heavy atom. The average molecular weight is 458 g/mol. The van der Waals surface area contributed by atoms with Gasteiger partial charge < -0.3 is 10.1 Å². The molecule has 1 amide bonds. The summed E-state index contributed by atoms with van der Waals surface area (Å²) in [5.41, 5.74) is 3.87. The van der Waals surface area contributed by atoms with Crippen molar-refractivity contribution in [2.75, 3.05) is 11.9 Å². The zero-order valence-corrected chi connectivity index (χ0v) is 20.1. The zero-order valence-electron chi connectivity index (χ0n) is 19.3. The van der Waals surface area contributed by atoms with Gasteiger partial charge in [0.1, 0.15) is 10.6 Å². The first-order chi connectivity index (χ1) is 15.8. The van der Waals surface area contributed by atoms with Crippen LogP contribution < -0.4 is 5.32 Å². The molecule has 3 aromatic carbocycles. The van der Waals surface area contributed by atoms with Gasteiger partial charge in [0.05, 0.1) is 6.61 Å². The van der Waals surface area contributed by atoms with Crippen molar-refractivity contribution in [3.63, 3.8) is 0 Å². The average Bonchev–Trinajstić information content (AvgIpc) is 3.22. The summed E-state index contributed by atoms with van der Waals surface area (Å²) in [7, 11) is 0. The highest BCUT2D eigenvalue weighted by atomic mass is 32.1. The molecule has 0 unspecified atom stereocenters. The third-order valence-electron chi connectivity index (χ3n) is 5.59. The Bertz CT molecular complexity index is 1310. The number of thiophene rings is 1. The molecule has 0 fully saturated rings. The van der Waals surface area contributed by atoms with E-state index in [1.54, 1.807) is 13.0 Å². The highest BCUT2D eigenvalue weighted by molar-refractivity contribution is 7.15. The summed E-state index contributed by atoms with van der Waals surface area (Å²) in [6.45, 7) is 8.52. The van der Waals surface area contributed by atoms with Crippen LogP contribution in [0.15, 0.2) is 72.1 Å². The molecule has 0 radical (unpaired) electrons. The molecular weight excluding hydrogens is 430 g/mol. The van der Waals surface area contributed by atoms with E-state index < -0.39 is 5.97 Å². The first-order valence-electron chi connectivity index (χ1n) is 11.0. The summed E-state index contributed by atoms with van der Waals surface area (Å²) in [4.78, 5) is 26.1. The van der Waals surface area contributed by atoms with E-state index in [9.17, 15) is 9.59 Å². The number of esters is 1. The molecule has 0 bridgehead atoms. The Kier molecular flexibility index (Phi) is 6.34. The number of hydrogen-bond acceptors (Lipinski definition) is 4. The van der Waals surface area contributed by atoms with Crippen LogP contribution in [0.25, 0.3) is 21.9 Å². The standard InChI is InChI=1S/C28H27NO3S/c1-5-32-27(31)24-23(19-13-15-20(16-14-19)28(2,3)4)17-33-26(24)29-25(30)22-12-8-10-18-9-6-7-11-21(18)22/h6-17H,5H2,1-4H3,(H,29,30). The Labute approximate surface area is 198 Å². The molecule has 0 atom stereocenters. The van der Waals surface area contributed by atoms with E-state index >= 15 is 0 Å². The Morgan fingerprint density at radius 1 is 0.939 bits per heavy atom. The normalized spacial score (nSPS) is 11.4. The fourth-order valence-corrected chi connectivity index (χ4v) is 4.76. The van der Waals surface area contributed by atoms with Crippen LogP contribution in [-0.2, 0) is 10.2 Å². The third kappa shape index (κ3) is 4.69. The predicted molar refractivity (Wildman–Crippen MR) is 136 cm³/mol. The zero-order chi connectivity index (χ0) is 23.6. The molecule has 0 saturated heterocycles. The van der Waals surface area contributed by atoms with Gasteiger partial charge in [-0.3, -0.25) is 4.79 Å². The smallest absolute Gasteiger partial charge is 0.341 e. The number of fused-ring (bicyclic) bond motifs is 1. The van der Waals surface area contributed by atoms with E-state index in [-0.39, 0.29) is 17.9 Å². The lowest BCUT2D eigenvalue weighted by atomic mass is 9.86. The van der Waals surface area contributed by atoms with Crippen LogP contribution >= 0.6 is 11.3 Å². The Hall–Kier alpha value is -3.44. The Balaban J connectivity index is 1.72. The minimum absolute atomic E-state index is 0.0364. The van der Waals surface area contributed by atoms with Crippen LogP contribution in [0.3, 0.4) is 0 Å². The predicted octanol–water partition coefficient (Wildman–Crippen LogP) is 7.29. The number of ether oxygens (including phenoxy) is 1. The molecule has 5 heteroatoms. The number of anilines is 1. The summed E-state index contributed by atoms with van der Waals surface area (Å²) in [6, 6.07) is 21.6. The molecule has 4 nitrogen and oxygen atoms in total. The SMILES string of the molecule is CCOC(=O)c1c(-c2ccc(C(C)(C)C)cc2)csc1NC(=O)c1cccc2ccccc12. The molecule has 1 heterocycles. The minimum atomic E-state index is -0.443. The van der Waals surface area contributed by atoms with Crippen molar-refractivity contribution in [2.45, 2.75) is 33.1 Å². The van der Waals surface area contributed by atoms with E-state index in [1.807, 2.05) is 53.9 Å². The van der Waals surface area contributed by atoms with Crippen LogP contribution in [0.1, 0.15) is 54.0 Å². The van der Waals surface area contributed by atoms with Gasteiger partial charge in [-0.05, 0) is 40.3 Å². The molecule has 0 aliphatic carbocycles. The molecule has 4 aromatic rings. The van der Waals surface area contributed by atoms with Gasteiger partial charge in [0.15, 0.2) is 0 Å². The molecule has 168 valence electrons. The topological polar surface area (TPSA) is 55.4 Å². The largest absolute Gasteiger partial charge is 0.462 e. The van der Waals surface area contributed by atoms with Gasteiger partial charge in [0.2, 0.25) is 0 Å². The number of nitrogens with one attached hydrogen (secondary N) is 1. The summed E-state index contributed by atoms with van der Waals surface area (Å²) in [6.07, 6.45) is 0. The second-order valence-electron chi connectivity index (χ2n) is 8.88. The maximum absolute atomic E-state index is 13.2. The Morgan fingerprint density at radius 3 is 2.33 bits per heavy atom. The number of carbonyl (C=O) groups is 2. The van der Waals surface area contributed by atoms with Gasteiger partial charge in [0.25, 0.3) is 5.91 Å². The van der Waals surface area contributed by atoms with Gasteiger partial charge in [-0.25, -0.2) is 4.79 Å². The van der Waals surface area contributed by atoms with Gasteiger partial charge in [-0.1, -0.05) is 81.4 Å². The van der Waals surface area contributed by atoms with Crippen molar-refractivity contribution >= 4 is 39.0 Å². The van der Waals surface area contributed by atoms with E-state index in [0.29, 0.717) is 16.1 Å². The van der Waals surface area contributed by atoms with Gasteiger partial charge in [-0.2, -0.15) is 0 Å². The highest BCUT2D eigenvalue weighted by Crippen LogP contribution is 2.37. The van der Waals surface area contributed by atoms with Crippen molar-refractivity contribution in [3.05, 3.63) is 88.8 Å². The van der Waals surface area contributed by atoms with Crippen molar-refractivity contribution in [3.8, 4) is 11.1 Å².